The Balaban J connectivity index is 2.03. The van der Waals surface area contributed by atoms with Crippen LogP contribution in [0.5, 0.6) is 0 Å². The summed E-state index contributed by atoms with van der Waals surface area (Å²) in [6, 6.07) is 13.8. The standard InChI is InChI=1S/C15H13F3N4/c1-11(19-21-13-7-3-2-4-8-13)20-22-14-9-5-6-12(10-14)15(16,17)18/h2-10,22H,1H3/b20-11+,21-19?. The molecule has 114 valence electrons. The second-order valence-electron chi connectivity index (χ2n) is 4.38. The highest BCUT2D eigenvalue weighted by Gasteiger charge is 2.30. The average molecular weight is 306 g/mol. The molecule has 0 radical (unpaired) electrons. The van der Waals surface area contributed by atoms with Gasteiger partial charge in [-0.2, -0.15) is 18.3 Å². The molecule has 1 N–H and O–H groups in total. The zero-order valence-corrected chi connectivity index (χ0v) is 11.7. The van der Waals surface area contributed by atoms with Gasteiger partial charge in [0, 0.05) is 0 Å². The first-order chi connectivity index (χ1) is 10.4. The number of rotatable bonds is 3. The maximum atomic E-state index is 12.6. The molecule has 0 amide bonds. The van der Waals surface area contributed by atoms with Crippen molar-refractivity contribution in [3.63, 3.8) is 0 Å². The zero-order valence-electron chi connectivity index (χ0n) is 11.7. The molecule has 0 bridgehead atoms. The molecule has 7 heteroatoms. The lowest BCUT2D eigenvalue weighted by Crippen LogP contribution is -2.05. The van der Waals surface area contributed by atoms with Gasteiger partial charge in [0.25, 0.3) is 0 Å². The molecule has 0 unspecified atom stereocenters. The van der Waals surface area contributed by atoms with E-state index in [0.717, 1.165) is 12.1 Å². The Morgan fingerprint density at radius 2 is 1.73 bits per heavy atom. The van der Waals surface area contributed by atoms with Crippen LogP contribution in [0.1, 0.15) is 12.5 Å². The fourth-order valence-electron chi connectivity index (χ4n) is 1.56. The Labute approximate surface area is 125 Å². The van der Waals surface area contributed by atoms with Crippen molar-refractivity contribution in [1.82, 2.24) is 0 Å². The predicted molar refractivity (Wildman–Crippen MR) is 79.1 cm³/mol. The number of azo groups is 1. The van der Waals surface area contributed by atoms with Crippen LogP contribution in [0.4, 0.5) is 24.5 Å². The zero-order chi connectivity index (χ0) is 16.0. The molecule has 2 aromatic rings. The van der Waals surface area contributed by atoms with Crippen LogP contribution >= 0.6 is 0 Å². The summed E-state index contributed by atoms with van der Waals surface area (Å²) < 4.78 is 37.7. The average Bonchev–Trinajstić information content (AvgIpc) is 2.51. The van der Waals surface area contributed by atoms with E-state index in [2.05, 4.69) is 20.8 Å². The van der Waals surface area contributed by atoms with Crippen LogP contribution in [-0.2, 0) is 6.18 Å². The molecule has 0 heterocycles. The topological polar surface area (TPSA) is 49.1 Å². The van der Waals surface area contributed by atoms with Gasteiger partial charge >= 0.3 is 6.18 Å². The summed E-state index contributed by atoms with van der Waals surface area (Å²) in [6.45, 7) is 1.59. The van der Waals surface area contributed by atoms with E-state index in [9.17, 15) is 13.2 Å². The quantitative estimate of drug-likeness (QED) is 0.359. The fourth-order valence-corrected chi connectivity index (χ4v) is 1.56. The van der Waals surface area contributed by atoms with Gasteiger partial charge in [0.1, 0.15) is 0 Å². The summed E-state index contributed by atoms with van der Waals surface area (Å²) in [7, 11) is 0. The van der Waals surface area contributed by atoms with Crippen LogP contribution in [-0.4, -0.2) is 5.84 Å². The molecule has 0 aliphatic carbocycles. The molecule has 0 fully saturated rings. The monoisotopic (exact) mass is 306 g/mol. The summed E-state index contributed by atoms with van der Waals surface area (Å²) in [5.41, 5.74) is 2.68. The first-order valence-electron chi connectivity index (χ1n) is 6.39. The molecule has 0 aliphatic heterocycles. The maximum absolute atomic E-state index is 12.6. The van der Waals surface area contributed by atoms with Gasteiger partial charge < -0.3 is 0 Å². The minimum atomic E-state index is -4.39. The van der Waals surface area contributed by atoms with Crippen LogP contribution in [0.15, 0.2) is 69.9 Å². The molecule has 0 aromatic heterocycles. The molecule has 0 spiro atoms. The number of alkyl halides is 3. The number of nitrogens with zero attached hydrogens (tertiary/aromatic N) is 3. The normalized spacial score (nSPS) is 12.6. The molecule has 22 heavy (non-hydrogen) atoms. The Morgan fingerprint density at radius 3 is 2.41 bits per heavy atom. The molecular weight excluding hydrogens is 293 g/mol. The first kappa shape index (κ1) is 15.7. The highest BCUT2D eigenvalue weighted by molar-refractivity contribution is 5.80. The van der Waals surface area contributed by atoms with Crippen molar-refractivity contribution >= 4 is 17.2 Å². The van der Waals surface area contributed by atoms with Crippen LogP contribution in [0.2, 0.25) is 0 Å². The number of hydrogen-bond donors (Lipinski definition) is 1. The first-order valence-corrected chi connectivity index (χ1v) is 6.39. The van der Waals surface area contributed by atoms with Gasteiger partial charge in [-0.15, -0.1) is 10.2 Å². The second-order valence-corrected chi connectivity index (χ2v) is 4.38. The van der Waals surface area contributed by atoms with Crippen LogP contribution in [0.3, 0.4) is 0 Å². The van der Waals surface area contributed by atoms with Crippen molar-refractivity contribution < 1.29 is 13.2 Å². The molecule has 2 aromatic carbocycles. The van der Waals surface area contributed by atoms with Crippen molar-refractivity contribution in [2.75, 3.05) is 5.43 Å². The summed E-state index contributed by atoms with van der Waals surface area (Å²) in [5, 5.41) is 11.7. The number of hydrogen-bond acceptors (Lipinski definition) is 3. The fraction of sp³-hybridized carbons (Fsp3) is 0.133. The third kappa shape index (κ3) is 4.69. The van der Waals surface area contributed by atoms with Gasteiger partial charge in [-0.05, 0) is 37.3 Å². The van der Waals surface area contributed by atoms with Crippen molar-refractivity contribution in [1.29, 1.82) is 0 Å². The summed E-state index contributed by atoms with van der Waals surface area (Å²) in [4.78, 5) is 0. The number of anilines is 1. The van der Waals surface area contributed by atoms with E-state index in [4.69, 9.17) is 0 Å². The molecule has 4 nitrogen and oxygen atoms in total. The van der Waals surface area contributed by atoms with Gasteiger partial charge in [0.15, 0.2) is 5.84 Å². The third-order valence-electron chi connectivity index (χ3n) is 2.60. The van der Waals surface area contributed by atoms with Crippen molar-refractivity contribution in [2.45, 2.75) is 13.1 Å². The molecular formula is C15H13F3N4. The van der Waals surface area contributed by atoms with Gasteiger partial charge in [-0.3, -0.25) is 5.43 Å². The minimum absolute atomic E-state index is 0.226. The van der Waals surface area contributed by atoms with Crippen molar-refractivity contribution in [2.24, 2.45) is 15.3 Å². The third-order valence-corrected chi connectivity index (χ3v) is 2.60. The smallest absolute Gasteiger partial charge is 0.277 e. The Kier molecular flexibility index (Phi) is 4.88. The Bertz CT molecular complexity index is 679. The van der Waals surface area contributed by atoms with Crippen molar-refractivity contribution in [3.8, 4) is 0 Å². The molecule has 0 atom stereocenters. The van der Waals surface area contributed by atoms with Crippen LogP contribution in [0, 0.1) is 0 Å². The molecule has 2 rings (SSSR count). The summed E-state index contributed by atoms with van der Waals surface area (Å²) in [6.07, 6.45) is -4.39. The molecule has 0 aliphatic rings. The Morgan fingerprint density at radius 1 is 1.00 bits per heavy atom. The van der Waals surface area contributed by atoms with Gasteiger partial charge in [-0.25, -0.2) is 0 Å². The second kappa shape index (κ2) is 6.84. The lowest BCUT2D eigenvalue weighted by atomic mass is 10.2. The Hall–Kier alpha value is -2.70. The number of nitrogens with one attached hydrogen (secondary N) is 1. The summed E-state index contributed by atoms with van der Waals surface area (Å²) in [5.74, 6) is 0.293. The van der Waals surface area contributed by atoms with Gasteiger partial charge in [-0.1, -0.05) is 24.3 Å². The number of hydrazone groups is 1. The van der Waals surface area contributed by atoms with E-state index in [-0.39, 0.29) is 5.69 Å². The van der Waals surface area contributed by atoms with Crippen LogP contribution < -0.4 is 5.43 Å². The highest BCUT2D eigenvalue weighted by Crippen LogP contribution is 2.30. The van der Waals surface area contributed by atoms with E-state index in [1.165, 1.54) is 12.1 Å². The SMILES string of the molecule is C/C(N=Nc1ccccc1)=N\Nc1cccc(C(F)(F)F)c1. The largest absolute Gasteiger partial charge is 0.416 e. The number of halogens is 3. The number of benzene rings is 2. The van der Waals surface area contributed by atoms with Crippen molar-refractivity contribution in [3.05, 3.63) is 60.2 Å². The maximum Gasteiger partial charge on any atom is 0.416 e. The summed E-state index contributed by atoms with van der Waals surface area (Å²) >= 11 is 0. The lowest BCUT2D eigenvalue weighted by molar-refractivity contribution is -0.137. The van der Waals surface area contributed by atoms with E-state index in [0.29, 0.717) is 11.5 Å². The van der Waals surface area contributed by atoms with E-state index in [1.54, 1.807) is 19.1 Å². The van der Waals surface area contributed by atoms with Crippen LogP contribution in [0.25, 0.3) is 0 Å². The molecule has 0 saturated carbocycles. The van der Waals surface area contributed by atoms with E-state index >= 15 is 0 Å². The van der Waals surface area contributed by atoms with E-state index < -0.39 is 11.7 Å². The molecule has 0 saturated heterocycles. The van der Waals surface area contributed by atoms with Gasteiger partial charge in [0.05, 0.1) is 16.9 Å². The minimum Gasteiger partial charge on any atom is -0.277 e. The predicted octanol–water partition coefficient (Wildman–Crippen LogP) is 5.23. The van der Waals surface area contributed by atoms with Gasteiger partial charge in [0.2, 0.25) is 0 Å². The number of amidine groups is 1. The lowest BCUT2D eigenvalue weighted by Gasteiger charge is -2.08. The van der Waals surface area contributed by atoms with E-state index in [1.807, 2.05) is 18.2 Å². The highest BCUT2D eigenvalue weighted by atomic mass is 19.4.